The monoisotopic (exact) mass is 283 g/mol. The van der Waals surface area contributed by atoms with Gasteiger partial charge in [0.15, 0.2) is 0 Å². The van der Waals surface area contributed by atoms with E-state index in [0.29, 0.717) is 5.56 Å². The van der Waals surface area contributed by atoms with Crippen molar-refractivity contribution in [2.75, 3.05) is 0 Å². The average Bonchev–Trinajstić information content (AvgIpc) is 2.37. The molecule has 1 aliphatic rings. The first-order chi connectivity index (χ1) is 10.0. The molecule has 1 unspecified atom stereocenters. The van der Waals surface area contributed by atoms with E-state index in [9.17, 15) is 4.39 Å². The number of halogens is 1. The second-order valence-electron chi connectivity index (χ2n) is 6.33. The zero-order valence-corrected chi connectivity index (χ0v) is 12.7. The van der Waals surface area contributed by atoms with Gasteiger partial charge in [0.2, 0.25) is 0 Å². The Labute approximate surface area is 126 Å². The zero-order chi connectivity index (χ0) is 15.0. The minimum absolute atomic E-state index is 0.109. The Hall–Kier alpha value is -1.67. The van der Waals surface area contributed by atoms with Gasteiger partial charge in [0, 0.05) is 17.0 Å². The van der Waals surface area contributed by atoms with E-state index in [2.05, 4.69) is 12.1 Å². The summed E-state index contributed by atoms with van der Waals surface area (Å²) in [6.45, 7) is 3.88. The van der Waals surface area contributed by atoms with E-state index in [-0.39, 0.29) is 17.3 Å². The Morgan fingerprint density at radius 1 is 1.10 bits per heavy atom. The second-order valence-corrected chi connectivity index (χ2v) is 6.33. The number of aryl methyl sites for hydroxylation is 2. The fraction of sp³-hybridized carbons (Fsp3) is 0.368. The summed E-state index contributed by atoms with van der Waals surface area (Å²) < 4.78 is 14.5. The summed E-state index contributed by atoms with van der Waals surface area (Å²) in [5, 5.41) is 0. The van der Waals surface area contributed by atoms with E-state index in [1.165, 1.54) is 5.56 Å². The van der Waals surface area contributed by atoms with Crippen LogP contribution in [-0.2, 0) is 5.41 Å². The molecule has 0 heterocycles. The van der Waals surface area contributed by atoms with Crippen molar-refractivity contribution >= 4 is 0 Å². The number of rotatable bonds is 3. The van der Waals surface area contributed by atoms with Crippen LogP contribution in [0.15, 0.2) is 42.5 Å². The fourth-order valence-corrected chi connectivity index (χ4v) is 3.70. The summed E-state index contributed by atoms with van der Waals surface area (Å²) in [5.74, 6) is -0.165. The molecule has 1 fully saturated rings. The molecule has 2 N–H and O–H groups in total. The summed E-state index contributed by atoms with van der Waals surface area (Å²) in [6, 6.07) is 13.7. The predicted molar refractivity (Wildman–Crippen MR) is 84.8 cm³/mol. The number of benzene rings is 2. The lowest BCUT2D eigenvalue weighted by molar-refractivity contribution is 0.193. The van der Waals surface area contributed by atoms with Crippen molar-refractivity contribution in [2.45, 2.75) is 44.6 Å². The van der Waals surface area contributed by atoms with Crippen molar-refractivity contribution in [3.8, 4) is 0 Å². The van der Waals surface area contributed by atoms with E-state index in [0.717, 1.165) is 30.4 Å². The van der Waals surface area contributed by atoms with Crippen molar-refractivity contribution in [1.29, 1.82) is 0 Å². The largest absolute Gasteiger partial charge is 0.323 e. The van der Waals surface area contributed by atoms with Crippen molar-refractivity contribution in [2.24, 2.45) is 5.73 Å². The highest BCUT2D eigenvalue weighted by atomic mass is 19.1. The number of hydrogen-bond acceptors (Lipinski definition) is 1. The molecule has 0 saturated heterocycles. The third kappa shape index (κ3) is 2.28. The van der Waals surface area contributed by atoms with Gasteiger partial charge in [-0.3, -0.25) is 0 Å². The standard InChI is InChI=1S/C19H22FN/c1-13-11-14(2)17(16(20)12-13)18(21)19(9-6-10-19)15-7-4-3-5-8-15/h3-5,7-8,11-12,18H,6,9-10,21H2,1-2H3. The van der Waals surface area contributed by atoms with Gasteiger partial charge < -0.3 is 5.73 Å². The molecule has 1 saturated carbocycles. The molecular weight excluding hydrogens is 261 g/mol. The molecule has 0 aliphatic heterocycles. The van der Waals surface area contributed by atoms with E-state index < -0.39 is 0 Å². The minimum Gasteiger partial charge on any atom is -0.323 e. The number of hydrogen-bond donors (Lipinski definition) is 1. The molecule has 2 aromatic carbocycles. The van der Waals surface area contributed by atoms with Gasteiger partial charge in [-0.15, -0.1) is 0 Å². The Kier molecular flexibility index (Phi) is 3.58. The predicted octanol–water partition coefficient (Wildman–Crippen LogP) is 4.56. The summed E-state index contributed by atoms with van der Waals surface area (Å²) in [6.07, 6.45) is 3.23. The summed E-state index contributed by atoms with van der Waals surface area (Å²) >= 11 is 0. The van der Waals surface area contributed by atoms with Crippen LogP contribution >= 0.6 is 0 Å². The fourth-order valence-electron chi connectivity index (χ4n) is 3.70. The van der Waals surface area contributed by atoms with Crippen LogP contribution in [0.5, 0.6) is 0 Å². The minimum atomic E-state index is -0.283. The summed E-state index contributed by atoms with van der Waals surface area (Å²) in [5.41, 5.74) is 10.3. The van der Waals surface area contributed by atoms with Gasteiger partial charge in [0.25, 0.3) is 0 Å². The highest BCUT2D eigenvalue weighted by molar-refractivity contribution is 5.40. The van der Waals surface area contributed by atoms with E-state index >= 15 is 0 Å². The van der Waals surface area contributed by atoms with E-state index in [4.69, 9.17) is 5.73 Å². The molecule has 2 aromatic rings. The van der Waals surface area contributed by atoms with Crippen molar-refractivity contribution in [3.63, 3.8) is 0 Å². The van der Waals surface area contributed by atoms with Crippen molar-refractivity contribution < 1.29 is 4.39 Å². The average molecular weight is 283 g/mol. The lowest BCUT2D eigenvalue weighted by Crippen LogP contribution is -2.45. The first-order valence-corrected chi connectivity index (χ1v) is 7.62. The third-order valence-corrected chi connectivity index (χ3v) is 4.98. The van der Waals surface area contributed by atoms with Crippen LogP contribution in [-0.4, -0.2) is 0 Å². The van der Waals surface area contributed by atoms with Gasteiger partial charge in [0.1, 0.15) is 5.82 Å². The molecule has 0 radical (unpaired) electrons. The first-order valence-electron chi connectivity index (χ1n) is 7.62. The zero-order valence-electron chi connectivity index (χ0n) is 12.7. The van der Waals surface area contributed by atoms with Crippen LogP contribution in [0.2, 0.25) is 0 Å². The Bertz CT molecular complexity index is 621. The van der Waals surface area contributed by atoms with Gasteiger partial charge in [-0.25, -0.2) is 4.39 Å². The quantitative estimate of drug-likeness (QED) is 0.877. The maximum atomic E-state index is 14.5. The lowest BCUT2D eigenvalue weighted by Gasteiger charge is -2.47. The molecule has 1 nitrogen and oxygen atoms in total. The van der Waals surface area contributed by atoms with Crippen LogP contribution in [0, 0.1) is 19.7 Å². The smallest absolute Gasteiger partial charge is 0.128 e. The van der Waals surface area contributed by atoms with Crippen molar-refractivity contribution in [3.05, 3.63) is 70.5 Å². The van der Waals surface area contributed by atoms with E-state index in [1.807, 2.05) is 38.1 Å². The molecular formula is C19H22FN. The maximum Gasteiger partial charge on any atom is 0.128 e. The third-order valence-electron chi connectivity index (χ3n) is 4.98. The van der Waals surface area contributed by atoms with Gasteiger partial charge in [-0.05, 0) is 49.4 Å². The second kappa shape index (κ2) is 5.27. The van der Waals surface area contributed by atoms with Gasteiger partial charge >= 0.3 is 0 Å². The SMILES string of the molecule is Cc1cc(C)c(C(N)C2(c3ccccc3)CCC2)c(F)c1. The molecule has 2 heteroatoms. The Balaban J connectivity index is 2.07. The molecule has 0 amide bonds. The van der Waals surface area contributed by atoms with Gasteiger partial charge in [-0.2, -0.15) is 0 Å². The van der Waals surface area contributed by atoms with Crippen LogP contribution < -0.4 is 5.73 Å². The van der Waals surface area contributed by atoms with Gasteiger partial charge in [0.05, 0.1) is 0 Å². The number of nitrogens with two attached hydrogens (primary N) is 1. The van der Waals surface area contributed by atoms with Crippen LogP contribution in [0.3, 0.4) is 0 Å². The van der Waals surface area contributed by atoms with Gasteiger partial charge in [-0.1, -0.05) is 42.8 Å². The summed E-state index contributed by atoms with van der Waals surface area (Å²) in [7, 11) is 0. The first kappa shape index (κ1) is 14.3. The Morgan fingerprint density at radius 2 is 1.76 bits per heavy atom. The van der Waals surface area contributed by atoms with Crippen LogP contribution in [0.1, 0.15) is 47.6 Å². The molecule has 110 valence electrons. The molecule has 0 aromatic heterocycles. The van der Waals surface area contributed by atoms with Crippen molar-refractivity contribution in [1.82, 2.24) is 0 Å². The topological polar surface area (TPSA) is 26.0 Å². The summed E-state index contributed by atoms with van der Waals surface area (Å²) in [4.78, 5) is 0. The molecule has 1 atom stereocenters. The van der Waals surface area contributed by atoms with E-state index in [1.54, 1.807) is 6.07 Å². The molecule has 3 rings (SSSR count). The normalized spacial score (nSPS) is 18.1. The van der Waals surface area contributed by atoms with Crippen LogP contribution in [0.4, 0.5) is 4.39 Å². The van der Waals surface area contributed by atoms with Crippen LogP contribution in [0.25, 0.3) is 0 Å². The highest BCUT2D eigenvalue weighted by Crippen LogP contribution is 2.51. The maximum absolute atomic E-state index is 14.5. The molecule has 21 heavy (non-hydrogen) atoms. The lowest BCUT2D eigenvalue weighted by atomic mass is 9.58. The molecule has 1 aliphatic carbocycles. The Morgan fingerprint density at radius 3 is 2.29 bits per heavy atom. The molecule has 0 bridgehead atoms. The highest BCUT2D eigenvalue weighted by Gasteiger charge is 2.45. The molecule has 0 spiro atoms.